The van der Waals surface area contributed by atoms with Crippen molar-refractivity contribution < 1.29 is 4.79 Å². The molecule has 4 aromatic rings. The van der Waals surface area contributed by atoms with Gasteiger partial charge in [0, 0.05) is 26.9 Å². The molecule has 1 amide bonds. The Labute approximate surface area is 215 Å². The number of hydrogen-bond acceptors (Lipinski definition) is 5. The molecule has 0 atom stereocenters. The smallest absolute Gasteiger partial charge is 0.250 e. The molecular formula is C24H18Cl3N5OS. The molecule has 1 heterocycles. The first-order valence-corrected chi connectivity index (χ1v) is 12.2. The lowest BCUT2D eigenvalue weighted by Crippen LogP contribution is -2.20. The number of hydrogen-bond donors (Lipinski definition) is 1. The van der Waals surface area contributed by atoms with Crippen LogP contribution in [0.25, 0.3) is 17.1 Å². The summed E-state index contributed by atoms with van der Waals surface area (Å²) in [4.78, 5) is 12.4. The molecule has 4 rings (SSSR count). The van der Waals surface area contributed by atoms with Gasteiger partial charge in [0.25, 0.3) is 5.91 Å². The second kappa shape index (κ2) is 11.1. The highest BCUT2D eigenvalue weighted by Gasteiger charge is 2.17. The first-order valence-electron chi connectivity index (χ1n) is 10.1. The molecule has 0 radical (unpaired) electrons. The van der Waals surface area contributed by atoms with E-state index in [2.05, 4.69) is 20.7 Å². The molecule has 0 saturated heterocycles. The van der Waals surface area contributed by atoms with Crippen molar-refractivity contribution in [1.82, 2.24) is 20.2 Å². The highest BCUT2D eigenvalue weighted by Crippen LogP contribution is 2.29. The maximum absolute atomic E-state index is 12.4. The average molecular weight is 531 g/mol. The summed E-state index contributed by atoms with van der Waals surface area (Å²) >= 11 is 19.3. The van der Waals surface area contributed by atoms with E-state index in [1.54, 1.807) is 30.3 Å². The minimum absolute atomic E-state index is 0.0936. The second-order valence-corrected chi connectivity index (χ2v) is 9.45. The molecule has 3 aromatic carbocycles. The molecule has 0 aliphatic carbocycles. The van der Waals surface area contributed by atoms with E-state index in [4.69, 9.17) is 34.8 Å². The molecule has 0 saturated carbocycles. The number of rotatable bonds is 7. The minimum atomic E-state index is -0.294. The van der Waals surface area contributed by atoms with Crippen LogP contribution in [0.1, 0.15) is 11.1 Å². The predicted molar refractivity (Wildman–Crippen MR) is 139 cm³/mol. The Morgan fingerprint density at radius 2 is 1.71 bits per heavy atom. The summed E-state index contributed by atoms with van der Waals surface area (Å²) in [6, 6.07) is 20.4. The minimum Gasteiger partial charge on any atom is -0.272 e. The number of thioether (sulfide) groups is 1. The number of carbonyl (C=O) groups is 1. The van der Waals surface area contributed by atoms with E-state index >= 15 is 0 Å². The van der Waals surface area contributed by atoms with Crippen LogP contribution < -0.4 is 5.43 Å². The maximum atomic E-state index is 12.4. The van der Waals surface area contributed by atoms with Crippen LogP contribution in [0, 0.1) is 6.92 Å². The van der Waals surface area contributed by atoms with E-state index in [-0.39, 0.29) is 11.7 Å². The van der Waals surface area contributed by atoms with Gasteiger partial charge in [-0.3, -0.25) is 9.36 Å². The van der Waals surface area contributed by atoms with Crippen molar-refractivity contribution in [3.8, 4) is 17.1 Å². The fourth-order valence-corrected chi connectivity index (χ4v) is 4.35. The summed E-state index contributed by atoms with van der Waals surface area (Å²) < 4.78 is 1.91. The van der Waals surface area contributed by atoms with Crippen LogP contribution in [-0.2, 0) is 4.79 Å². The number of nitrogens with one attached hydrogen (secondary N) is 1. The Morgan fingerprint density at radius 1 is 1.00 bits per heavy atom. The summed E-state index contributed by atoms with van der Waals surface area (Å²) in [5, 5.41) is 14.9. The largest absolute Gasteiger partial charge is 0.272 e. The van der Waals surface area contributed by atoms with E-state index in [0.717, 1.165) is 16.8 Å². The van der Waals surface area contributed by atoms with Gasteiger partial charge in [0.1, 0.15) is 0 Å². The number of aryl methyl sites for hydroxylation is 1. The van der Waals surface area contributed by atoms with Crippen molar-refractivity contribution in [2.24, 2.45) is 5.10 Å². The SMILES string of the molecule is Cc1ccc(-n2c(SCC(=O)NN=Cc3ccc(Cl)cc3Cl)nnc2-c2ccc(Cl)cc2)cc1. The first kappa shape index (κ1) is 24.3. The molecule has 34 heavy (non-hydrogen) atoms. The summed E-state index contributed by atoms with van der Waals surface area (Å²) in [6.07, 6.45) is 1.47. The molecule has 0 fully saturated rings. The van der Waals surface area contributed by atoms with Crippen LogP contribution in [0.3, 0.4) is 0 Å². The Kier molecular flexibility index (Phi) is 7.90. The monoisotopic (exact) mass is 529 g/mol. The molecule has 6 nitrogen and oxygen atoms in total. The summed E-state index contributed by atoms with van der Waals surface area (Å²) in [5.41, 5.74) is 6.03. The standard InChI is InChI=1S/C24H18Cl3N5OS/c1-15-2-10-20(11-3-15)32-23(16-4-7-18(25)8-5-16)30-31-24(32)34-14-22(33)29-28-13-17-6-9-19(26)12-21(17)27/h2-13H,14H2,1H3,(H,29,33). The Hall–Kier alpha value is -2.84. The molecule has 0 aliphatic rings. The lowest BCUT2D eigenvalue weighted by atomic mass is 10.2. The number of halogens is 3. The zero-order valence-corrected chi connectivity index (χ0v) is 21.0. The number of benzene rings is 3. The highest BCUT2D eigenvalue weighted by molar-refractivity contribution is 7.99. The van der Waals surface area contributed by atoms with E-state index in [0.29, 0.717) is 31.6 Å². The van der Waals surface area contributed by atoms with Crippen LogP contribution in [0.4, 0.5) is 0 Å². The first-order chi connectivity index (χ1) is 16.4. The molecule has 1 aromatic heterocycles. The molecular weight excluding hydrogens is 513 g/mol. The number of amides is 1. The van der Waals surface area contributed by atoms with Crippen molar-refractivity contribution in [2.45, 2.75) is 12.1 Å². The summed E-state index contributed by atoms with van der Waals surface area (Å²) in [5.74, 6) is 0.452. The van der Waals surface area contributed by atoms with Crippen molar-refractivity contribution in [1.29, 1.82) is 0 Å². The fourth-order valence-electron chi connectivity index (χ4n) is 3.02. The van der Waals surface area contributed by atoms with Gasteiger partial charge in [0.15, 0.2) is 11.0 Å². The normalized spacial score (nSPS) is 11.2. The maximum Gasteiger partial charge on any atom is 0.250 e. The lowest BCUT2D eigenvalue weighted by molar-refractivity contribution is -0.118. The zero-order valence-electron chi connectivity index (χ0n) is 17.9. The third-order valence-electron chi connectivity index (χ3n) is 4.72. The van der Waals surface area contributed by atoms with Crippen molar-refractivity contribution in [3.63, 3.8) is 0 Å². The number of carbonyl (C=O) groups excluding carboxylic acids is 1. The Balaban J connectivity index is 1.51. The van der Waals surface area contributed by atoms with Gasteiger partial charge < -0.3 is 0 Å². The van der Waals surface area contributed by atoms with Crippen LogP contribution >= 0.6 is 46.6 Å². The quantitative estimate of drug-likeness (QED) is 0.169. The fraction of sp³-hybridized carbons (Fsp3) is 0.0833. The third kappa shape index (κ3) is 5.98. The summed E-state index contributed by atoms with van der Waals surface area (Å²) in [7, 11) is 0. The number of nitrogens with zero attached hydrogens (tertiary/aromatic N) is 4. The Morgan fingerprint density at radius 3 is 2.41 bits per heavy atom. The molecule has 0 bridgehead atoms. The average Bonchev–Trinajstić information content (AvgIpc) is 3.24. The molecule has 0 spiro atoms. The molecule has 172 valence electrons. The Bertz CT molecular complexity index is 1340. The molecule has 0 aliphatic heterocycles. The molecule has 10 heteroatoms. The molecule has 1 N–H and O–H groups in total. The van der Waals surface area contributed by atoms with Gasteiger partial charge in [0.05, 0.1) is 17.0 Å². The van der Waals surface area contributed by atoms with E-state index < -0.39 is 0 Å². The van der Waals surface area contributed by atoms with Crippen LogP contribution in [-0.4, -0.2) is 32.6 Å². The van der Waals surface area contributed by atoms with Crippen molar-refractivity contribution >= 4 is 58.7 Å². The van der Waals surface area contributed by atoms with Crippen LogP contribution in [0.2, 0.25) is 15.1 Å². The van der Waals surface area contributed by atoms with Crippen LogP contribution in [0.15, 0.2) is 77.0 Å². The van der Waals surface area contributed by atoms with Gasteiger partial charge in [-0.1, -0.05) is 70.3 Å². The van der Waals surface area contributed by atoms with E-state index in [9.17, 15) is 4.79 Å². The van der Waals surface area contributed by atoms with Gasteiger partial charge in [-0.15, -0.1) is 10.2 Å². The lowest BCUT2D eigenvalue weighted by Gasteiger charge is -2.10. The van der Waals surface area contributed by atoms with E-state index in [1.807, 2.05) is 47.9 Å². The van der Waals surface area contributed by atoms with Gasteiger partial charge in [-0.25, -0.2) is 5.43 Å². The zero-order chi connectivity index (χ0) is 24.1. The van der Waals surface area contributed by atoms with Gasteiger partial charge in [-0.2, -0.15) is 5.10 Å². The predicted octanol–water partition coefficient (Wildman–Crippen LogP) is 6.45. The number of aromatic nitrogens is 3. The van der Waals surface area contributed by atoms with Gasteiger partial charge in [0.2, 0.25) is 0 Å². The van der Waals surface area contributed by atoms with Gasteiger partial charge >= 0.3 is 0 Å². The number of hydrazone groups is 1. The molecule has 0 unspecified atom stereocenters. The highest BCUT2D eigenvalue weighted by atomic mass is 35.5. The summed E-state index contributed by atoms with van der Waals surface area (Å²) in [6.45, 7) is 2.02. The topological polar surface area (TPSA) is 72.2 Å². The second-order valence-electron chi connectivity index (χ2n) is 7.23. The van der Waals surface area contributed by atoms with Crippen molar-refractivity contribution in [3.05, 3.63) is 92.9 Å². The van der Waals surface area contributed by atoms with Crippen molar-refractivity contribution in [2.75, 3.05) is 5.75 Å². The van der Waals surface area contributed by atoms with Gasteiger partial charge in [-0.05, 0) is 55.5 Å². The third-order valence-corrected chi connectivity index (χ3v) is 6.46. The van der Waals surface area contributed by atoms with E-state index in [1.165, 1.54) is 18.0 Å². The van der Waals surface area contributed by atoms with Crippen LogP contribution in [0.5, 0.6) is 0 Å².